The van der Waals surface area contributed by atoms with E-state index in [4.69, 9.17) is 11.5 Å². The van der Waals surface area contributed by atoms with Crippen LogP contribution in [0.5, 0.6) is 5.75 Å². The van der Waals surface area contributed by atoms with E-state index in [1.165, 1.54) is 18.5 Å². The number of carbonyl (C=O) groups is 2. The lowest BCUT2D eigenvalue weighted by Crippen LogP contribution is -2.51. The number of phenols is 1. The van der Waals surface area contributed by atoms with Gasteiger partial charge in [0, 0.05) is 24.7 Å². The Morgan fingerprint density at radius 3 is 2.52 bits per heavy atom. The fourth-order valence-corrected chi connectivity index (χ4v) is 2.10. The minimum Gasteiger partial charge on any atom is -0.508 e. The molecule has 1 heterocycles. The molecule has 7 N–H and O–H groups in total. The third-order valence-electron chi connectivity index (χ3n) is 3.37. The molecule has 2 atom stereocenters. The zero-order valence-electron chi connectivity index (χ0n) is 12.4. The summed E-state index contributed by atoms with van der Waals surface area (Å²) in [5, 5.41) is 11.8. The van der Waals surface area contributed by atoms with Gasteiger partial charge in [0.15, 0.2) is 0 Å². The predicted molar refractivity (Wildman–Crippen MR) is 83.2 cm³/mol. The summed E-state index contributed by atoms with van der Waals surface area (Å²) in [6, 6.07) is 4.61. The van der Waals surface area contributed by atoms with E-state index >= 15 is 0 Å². The van der Waals surface area contributed by atoms with Crippen molar-refractivity contribution in [1.29, 1.82) is 0 Å². The number of aromatic hydroxyl groups is 1. The van der Waals surface area contributed by atoms with Crippen molar-refractivity contribution in [3.05, 3.63) is 48.0 Å². The number of benzene rings is 1. The van der Waals surface area contributed by atoms with E-state index in [2.05, 4.69) is 15.3 Å². The Bertz CT molecular complexity index is 654. The quantitative estimate of drug-likeness (QED) is 0.453. The largest absolute Gasteiger partial charge is 0.508 e. The molecule has 1 aromatic carbocycles. The van der Waals surface area contributed by atoms with Crippen LogP contribution in [0.1, 0.15) is 11.3 Å². The molecule has 8 nitrogen and oxygen atoms in total. The molecule has 8 heteroatoms. The average Bonchev–Trinajstić information content (AvgIpc) is 3.01. The number of carbonyl (C=O) groups excluding carboxylic acids is 2. The number of hydrogen-bond donors (Lipinski definition) is 5. The summed E-state index contributed by atoms with van der Waals surface area (Å²) in [4.78, 5) is 30.4. The van der Waals surface area contributed by atoms with E-state index in [0.717, 1.165) is 11.3 Å². The molecular formula is C15H19N5O3. The van der Waals surface area contributed by atoms with Gasteiger partial charge in [-0.15, -0.1) is 0 Å². The number of phenolic OH excluding ortho intramolecular Hbond substituents is 1. The molecule has 0 saturated heterocycles. The van der Waals surface area contributed by atoms with E-state index in [1.807, 2.05) is 0 Å². The van der Waals surface area contributed by atoms with Crippen molar-refractivity contribution >= 4 is 11.8 Å². The van der Waals surface area contributed by atoms with Gasteiger partial charge in [0.1, 0.15) is 11.8 Å². The van der Waals surface area contributed by atoms with Crippen molar-refractivity contribution < 1.29 is 14.7 Å². The van der Waals surface area contributed by atoms with Crippen LogP contribution in [0.15, 0.2) is 36.8 Å². The lowest BCUT2D eigenvalue weighted by molar-refractivity contribution is -0.128. The topological polar surface area (TPSA) is 147 Å². The number of amides is 2. The van der Waals surface area contributed by atoms with E-state index in [1.54, 1.807) is 18.3 Å². The van der Waals surface area contributed by atoms with Gasteiger partial charge in [0.25, 0.3) is 0 Å². The van der Waals surface area contributed by atoms with Gasteiger partial charge in [-0.2, -0.15) is 0 Å². The van der Waals surface area contributed by atoms with Gasteiger partial charge in [0.2, 0.25) is 11.8 Å². The summed E-state index contributed by atoms with van der Waals surface area (Å²) in [7, 11) is 0. The van der Waals surface area contributed by atoms with Crippen LogP contribution >= 0.6 is 0 Å². The van der Waals surface area contributed by atoms with E-state index in [9.17, 15) is 14.7 Å². The fraction of sp³-hybridized carbons (Fsp3) is 0.267. The average molecular weight is 317 g/mol. The second-order valence-corrected chi connectivity index (χ2v) is 5.22. The minimum atomic E-state index is -0.875. The summed E-state index contributed by atoms with van der Waals surface area (Å²) >= 11 is 0. The fourth-order valence-electron chi connectivity index (χ4n) is 2.10. The third kappa shape index (κ3) is 4.82. The molecule has 0 bridgehead atoms. The van der Waals surface area contributed by atoms with Crippen LogP contribution in [-0.4, -0.2) is 39.0 Å². The molecule has 2 rings (SSSR count). The summed E-state index contributed by atoms with van der Waals surface area (Å²) in [6.45, 7) is 0. The van der Waals surface area contributed by atoms with Crippen LogP contribution in [0.3, 0.4) is 0 Å². The molecule has 0 aliphatic carbocycles. The SMILES string of the molecule is NC(=O)[C@H](Cc1ccc(O)cc1)NC(=O)[C@@H](N)Cc1cnc[nH]1. The molecule has 23 heavy (non-hydrogen) atoms. The van der Waals surface area contributed by atoms with Gasteiger partial charge in [-0.3, -0.25) is 9.59 Å². The number of nitrogens with two attached hydrogens (primary N) is 2. The van der Waals surface area contributed by atoms with Gasteiger partial charge in [0.05, 0.1) is 12.4 Å². The van der Waals surface area contributed by atoms with Crippen molar-refractivity contribution in [1.82, 2.24) is 15.3 Å². The first kappa shape index (κ1) is 16.5. The normalized spacial score (nSPS) is 13.3. The highest BCUT2D eigenvalue weighted by molar-refractivity contribution is 5.89. The zero-order chi connectivity index (χ0) is 16.8. The molecule has 0 spiro atoms. The van der Waals surface area contributed by atoms with Gasteiger partial charge < -0.3 is 26.9 Å². The number of H-pyrrole nitrogens is 1. The summed E-state index contributed by atoms with van der Waals surface area (Å²) < 4.78 is 0. The van der Waals surface area contributed by atoms with Gasteiger partial charge in [-0.05, 0) is 17.7 Å². The Kier molecular flexibility index (Phi) is 5.32. The van der Waals surface area contributed by atoms with Crippen molar-refractivity contribution in [3.63, 3.8) is 0 Å². The molecule has 1 aromatic heterocycles. The van der Waals surface area contributed by atoms with E-state index in [0.29, 0.717) is 0 Å². The first-order valence-electron chi connectivity index (χ1n) is 7.06. The monoisotopic (exact) mass is 317 g/mol. The molecule has 0 fully saturated rings. The van der Waals surface area contributed by atoms with Crippen LogP contribution < -0.4 is 16.8 Å². The minimum absolute atomic E-state index is 0.120. The molecule has 122 valence electrons. The number of rotatable bonds is 7. The van der Waals surface area contributed by atoms with Crippen LogP contribution in [0.4, 0.5) is 0 Å². The van der Waals surface area contributed by atoms with Crippen LogP contribution in [0.2, 0.25) is 0 Å². The number of nitrogens with zero attached hydrogens (tertiary/aromatic N) is 1. The zero-order valence-corrected chi connectivity index (χ0v) is 12.4. The molecule has 0 unspecified atom stereocenters. The van der Waals surface area contributed by atoms with Gasteiger partial charge in [-0.25, -0.2) is 4.98 Å². The molecule has 0 saturated carbocycles. The number of hydrogen-bond acceptors (Lipinski definition) is 5. The van der Waals surface area contributed by atoms with Crippen molar-refractivity contribution in [3.8, 4) is 5.75 Å². The Balaban J connectivity index is 1.96. The summed E-state index contributed by atoms with van der Waals surface area (Å²) in [5.74, 6) is -1.00. The molecular weight excluding hydrogens is 298 g/mol. The number of aromatic amines is 1. The van der Waals surface area contributed by atoms with E-state index < -0.39 is 23.9 Å². The highest BCUT2D eigenvalue weighted by Crippen LogP contribution is 2.11. The van der Waals surface area contributed by atoms with Gasteiger partial charge >= 0.3 is 0 Å². The van der Waals surface area contributed by atoms with Crippen LogP contribution in [-0.2, 0) is 22.4 Å². The van der Waals surface area contributed by atoms with E-state index in [-0.39, 0.29) is 18.6 Å². The lowest BCUT2D eigenvalue weighted by atomic mass is 10.0. The standard InChI is InChI=1S/C15H19N5O3/c16-12(6-10-7-18-8-19-10)15(23)20-13(14(17)22)5-9-1-3-11(21)4-2-9/h1-4,7-8,12-13,21H,5-6,16H2,(H2,17,22)(H,18,19)(H,20,23)/t12-,13-/m0/s1. The lowest BCUT2D eigenvalue weighted by Gasteiger charge is -2.18. The van der Waals surface area contributed by atoms with Crippen molar-refractivity contribution in [2.24, 2.45) is 11.5 Å². The molecule has 2 aromatic rings. The Morgan fingerprint density at radius 1 is 1.26 bits per heavy atom. The van der Waals surface area contributed by atoms with Crippen molar-refractivity contribution in [2.45, 2.75) is 24.9 Å². The maximum atomic E-state index is 12.1. The Hall–Kier alpha value is -2.87. The number of nitrogens with one attached hydrogen (secondary N) is 2. The second-order valence-electron chi connectivity index (χ2n) is 5.22. The first-order valence-corrected chi connectivity index (χ1v) is 7.06. The predicted octanol–water partition coefficient (Wildman–Crippen LogP) is -0.802. The Labute approximate surface area is 132 Å². The maximum absolute atomic E-state index is 12.1. The summed E-state index contributed by atoms with van der Waals surface area (Å²) in [6.07, 6.45) is 3.57. The number of primary amides is 1. The van der Waals surface area contributed by atoms with Gasteiger partial charge in [-0.1, -0.05) is 12.1 Å². The summed E-state index contributed by atoms with van der Waals surface area (Å²) in [5.41, 5.74) is 12.6. The third-order valence-corrected chi connectivity index (χ3v) is 3.37. The van der Waals surface area contributed by atoms with Crippen LogP contribution in [0, 0.1) is 0 Å². The second kappa shape index (κ2) is 7.41. The smallest absolute Gasteiger partial charge is 0.240 e. The highest BCUT2D eigenvalue weighted by Gasteiger charge is 2.22. The Morgan fingerprint density at radius 2 is 1.96 bits per heavy atom. The maximum Gasteiger partial charge on any atom is 0.240 e. The number of aromatic nitrogens is 2. The van der Waals surface area contributed by atoms with Crippen molar-refractivity contribution in [2.75, 3.05) is 0 Å². The molecule has 0 aliphatic rings. The first-order chi connectivity index (χ1) is 11.0. The molecule has 0 radical (unpaired) electrons. The molecule has 0 aliphatic heterocycles. The highest BCUT2D eigenvalue weighted by atomic mass is 16.3. The van der Waals surface area contributed by atoms with Crippen LogP contribution in [0.25, 0.3) is 0 Å². The number of imidazole rings is 1. The molecule has 2 amide bonds.